The zero-order valence-electron chi connectivity index (χ0n) is 16.6. The second-order valence-electron chi connectivity index (χ2n) is 7.69. The van der Waals surface area contributed by atoms with Gasteiger partial charge in [-0.2, -0.15) is 0 Å². The van der Waals surface area contributed by atoms with Gasteiger partial charge in [0.05, 0.1) is 5.56 Å². The predicted molar refractivity (Wildman–Crippen MR) is 113 cm³/mol. The molecule has 1 amide bonds. The number of amides is 1. The van der Waals surface area contributed by atoms with Crippen molar-refractivity contribution in [3.05, 3.63) is 59.9 Å². The van der Waals surface area contributed by atoms with Crippen LogP contribution in [0.2, 0.25) is 0 Å². The Hall–Kier alpha value is -2.90. The molecule has 1 aromatic carbocycles. The normalized spacial score (nSPS) is 15.0. The molecule has 3 heterocycles. The highest BCUT2D eigenvalue weighted by atomic mass is 16.5. The number of fused-ring (bicyclic) bond motifs is 1. The van der Waals surface area contributed by atoms with Crippen LogP contribution in [-0.4, -0.2) is 40.3 Å². The summed E-state index contributed by atoms with van der Waals surface area (Å²) in [6.07, 6.45) is 5.94. The van der Waals surface area contributed by atoms with Crippen LogP contribution in [0.25, 0.3) is 10.9 Å². The Labute approximate surface area is 170 Å². The summed E-state index contributed by atoms with van der Waals surface area (Å²) in [4.78, 5) is 18.0. The van der Waals surface area contributed by atoms with Crippen molar-refractivity contribution in [1.29, 1.82) is 0 Å². The Balaban J connectivity index is 1.26. The Morgan fingerprint density at radius 1 is 1.21 bits per heavy atom. The molecule has 0 saturated carbocycles. The van der Waals surface area contributed by atoms with E-state index in [0.29, 0.717) is 11.5 Å². The molecule has 1 aliphatic heterocycles. The summed E-state index contributed by atoms with van der Waals surface area (Å²) >= 11 is 0. The quantitative estimate of drug-likeness (QED) is 0.443. The standard InChI is InChI=1S/C22H27N5O2/c1-26-15-18(19-4-2-3-5-20(19)26)13-23-12-16-8-10-27(11-9-16)21-7-6-17(14-24-21)22(28)25-29/h2-7,14-16,23,29H,8-13H2,1H3,(H,25,28). The van der Waals surface area contributed by atoms with Crippen molar-refractivity contribution in [2.75, 3.05) is 24.5 Å². The Morgan fingerprint density at radius 3 is 2.72 bits per heavy atom. The highest BCUT2D eigenvalue weighted by Crippen LogP contribution is 2.23. The molecule has 0 atom stereocenters. The van der Waals surface area contributed by atoms with Gasteiger partial charge in [-0.3, -0.25) is 10.0 Å². The molecular weight excluding hydrogens is 366 g/mol. The number of carbonyl (C=O) groups is 1. The van der Waals surface area contributed by atoms with E-state index in [2.05, 4.69) is 57.3 Å². The van der Waals surface area contributed by atoms with Crippen molar-refractivity contribution < 1.29 is 10.0 Å². The number of carbonyl (C=O) groups excluding carboxylic acids is 1. The minimum atomic E-state index is -0.542. The first-order chi connectivity index (χ1) is 14.2. The maximum absolute atomic E-state index is 11.4. The first-order valence-corrected chi connectivity index (χ1v) is 10.0. The molecule has 0 aliphatic carbocycles. The predicted octanol–water partition coefficient (Wildman–Crippen LogP) is 2.70. The van der Waals surface area contributed by atoms with E-state index in [-0.39, 0.29) is 0 Å². The van der Waals surface area contributed by atoms with Gasteiger partial charge in [-0.05, 0) is 49.1 Å². The van der Waals surface area contributed by atoms with Crippen LogP contribution in [0, 0.1) is 5.92 Å². The molecule has 1 fully saturated rings. The molecule has 0 unspecified atom stereocenters. The zero-order valence-corrected chi connectivity index (χ0v) is 16.6. The Bertz CT molecular complexity index is 975. The third-order valence-electron chi connectivity index (χ3n) is 5.78. The molecule has 7 nitrogen and oxygen atoms in total. The van der Waals surface area contributed by atoms with Crippen LogP contribution in [0.3, 0.4) is 0 Å². The summed E-state index contributed by atoms with van der Waals surface area (Å²) in [6, 6.07) is 12.0. The van der Waals surface area contributed by atoms with E-state index in [1.807, 2.05) is 6.07 Å². The smallest absolute Gasteiger partial charge is 0.276 e. The number of nitrogens with one attached hydrogen (secondary N) is 2. The summed E-state index contributed by atoms with van der Waals surface area (Å²) in [5.74, 6) is 0.988. The van der Waals surface area contributed by atoms with Gasteiger partial charge in [0.1, 0.15) is 5.82 Å². The number of aromatic nitrogens is 2. The van der Waals surface area contributed by atoms with Gasteiger partial charge in [-0.25, -0.2) is 10.5 Å². The maximum atomic E-state index is 11.4. The van der Waals surface area contributed by atoms with Gasteiger partial charge >= 0.3 is 0 Å². The second kappa shape index (κ2) is 8.63. The highest BCUT2D eigenvalue weighted by molar-refractivity contribution is 5.93. The topological polar surface area (TPSA) is 82.4 Å². The van der Waals surface area contributed by atoms with Gasteiger partial charge in [-0.1, -0.05) is 18.2 Å². The van der Waals surface area contributed by atoms with Gasteiger partial charge in [0, 0.05) is 50.0 Å². The molecule has 0 bridgehead atoms. The van der Waals surface area contributed by atoms with E-state index < -0.39 is 5.91 Å². The third kappa shape index (κ3) is 4.26. The van der Waals surface area contributed by atoms with Crippen LogP contribution in [0.1, 0.15) is 28.8 Å². The van der Waals surface area contributed by atoms with E-state index in [1.54, 1.807) is 11.5 Å². The number of hydrogen-bond donors (Lipinski definition) is 3. The molecule has 3 N–H and O–H groups in total. The van der Waals surface area contributed by atoms with Crippen LogP contribution in [0.15, 0.2) is 48.8 Å². The fraction of sp³-hybridized carbons (Fsp3) is 0.364. The number of anilines is 1. The largest absolute Gasteiger partial charge is 0.357 e. The number of para-hydroxylation sites is 1. The molecule has 2 aromatic heterocycles. The molecule has 7 heteroatoms. The van der Waals surface area contributed by atoms with Gasteiger partial charge in [0.2, 0.25) is 0 Å². The lowest BCUT2D eigenvalue weighted by molar-refractivity contribution is 0.0706. The third-order valence-corrected chi connectivity index (χ3v) is 5.78. The van der Waals surface area contributed by atoms with E-state index in [1.165, 1.54) is 22.7 Å². The number of hydrogen-bond acceptors (Lipinski definition) is 5. The summed E-state index contributed by atoms with van der Waals surface area (Å²) in [5, 5.41) is 13.7. The molecule has 4 rings (SSSR count). The fourth-order valence-corrected chi connectivity index (χ4v) is 4.12. The van der Waals surface area contributed by atoms with E-state index in [9.17, 15) is 4.79 Å². The van der Waals surface area contributed by atoms with Crippen LogP contribution >= 0.6 is 0 Å². The van der Waals surface area contributed by atoms with Crippen molar-refractivity contribution in [1.82, 2.24) is 20.3 Å². The molecule has 152 valence electrons. The van der Waals surface area contributed by atoms with Crippen molar-refractivity contribution in [3.8, 4) is 0 Å². The number of pyridine rings is 1. The SMILES string of the molecule is Cn1cc(CNCC2CCN(c3ccc(C(=O)NO)cn3)CC2)c2ccccc21. The molecule has 1 aliphatic rings. The molecule has 3 aromatic rings. The van der Waals surface area contributed by atoms with Crippen LogP contribution in [0.4, 0.5) is 5.82 Å². The van der Waals surface area contributed by atoms with Crippen LogP contribution < -0.4 is 15.7 Å². The zero-order chi connectivity index (χ0) is 20.2. The number of benzene rings is 1. The van der Waals surface area contributed by atoms with Gasteiger partial charge in [-0.15, -0.1) is 0 Å². The van der Waals surface area contributed by atoms with E-state index in [0.717, 1.165) is 44.8 Å². The maximum Gasteiger partial charge on any atom is 0.276 e. The first-order valence-electron chi connectivity index (χ1n) is 10.0. The van der Waals surface area contributed by atoms with Crippen molar-refractivity contribution in [2.24, 2.45) is 13.0 Å². The number of aryl methyl sites for hydroxylation is 1. The summed E-state index contributed by atoms with van der Waals surface area (Å²) in [6.45, 7) is 3.82. The molecule has 29 heavy (non-hydrogen) atoms. The van der Waals surface area contributed by atoms with Crippen LogP contribution in [0.5, 0.6) is 0 Å². The van der Waals surface area contributed by atoms with E-state index >= 15 is 0 Å². The average Bonchev–Trinajstić information content (AvgIpc) is 3.10. The van der Waals surface area contributed by atoms with Gasteiger partial charge < -0.3 is 14.8 Å². The van der Waals surface area contributed by atoms with E-state index in [4.69, 9.17) is 5.21 Å². The number of nitrogens with zero attached hydrogens (tertiary/aromatic N) is 3. The minimum absolute atomic E-state index is 0.351. The Kier molecular flexibility index (Phi) is 5.78. The van der Waals surface area contributed by atoms with Gasteiger partial charge in [0.25, 0.3) is 5.91 Å². The number of rotatable bonds is 6. The monoisotopic (exact) mass is 393 g/mol. The van der Waals surface area contributed by atoms with Crippen LogP contribution in [-0.2, 0) is 13.6 Å². The minimum Gasteiger partial charge on any atom is -0.357 e. The lowest BCUT2D eigenvalue weighted by Gasteiger charge is -2.33. The lowest BCUT2D eigenvalue weighted by Crippen LogP contribution is -2.37. The van der Waals surface area contributed by atoms with Crippen molar-refractivity contribution in [3.63, 3.8) is 0 Å². The first kappa shape index (κ1) is 19.4. The fourth-order valence-electron chi connectivity index (χ4n) is 4.12. The summed E-state index contributed by atoms with van der Waals surface area (Å²) in [7, 11) is 2.10. The molecule has 1 saturated heterocycles. The van der Waals surface area contributed by atoms with Gasteiger partial charge in [0.15, 0.2) is 0 Å². The second-order valence-corrected chi connectivity index (χ2v) is 7.69. The molecule has 0 spiro atoms. The summed E-state index contributed by atoms with van der Waals surface area (Å²) in [5.41, 5.74) is 4.59. The molecule has 0 radical (unpaired) electrons. The highest BCUT2D eigenvalue weighted by Gasteiger charge is 2.20. The number of piperidine rings is 1. The number of hydroxylamine groups is 1. The van der Waals surface area contributed by atoms with Crippen molar-refractivity contribution >= 4 is 22.6 Å². The van der Waals surface area contributed by atoms with Crippen molar-refractivity contribution in [2.45, 2.75) is 19.4 Å². The average molecular weight is 393 g/mol. The lowest BCUT2D eigenvalue weighted by atomic mass is 9.96. The molecular formula is C22H27N5O2. The Morgan fingerprint density at radius 2 is 2.00 bits per heavy atom. The summed E-state index contributed by atoms with van der Waals surface area (Å²) < 4.78 is 2.19.